The molecule has 2 aromatic rings. The molecule has 1 aromatic carbocycles. The van der Waals surface area contributed by atoms with Crippen LogP contribution in [0.2, 0.25) is 0 Å². The van der Waals surface area contributed by atoms with Gasteiger partial charge in [0.05, 0.1) is 12.0 Å². The van der Waals surface area contributed by atoms with E-state index in [1.807, 2.05) is 6.92 Å². The van der Waals surface area contributed by atoms with Crippen LogP contribution >= 0.6 is 0 Å². The second-order valence-corrected chi connectivity index (χ2v) is 5.45. The number of halogens is 1. The lowest BCUT2D eigenvalue weighted by molar-refractivity contribution is -0.309. The fraction of sp³-hybridized carbons (Fsp3) is 0.375. The van der Waals surface area contributed by atoms with Crippen LogP contribution in [0.15, 0.2) is 24.3 Å². The number of aryl methyl sites for hydroxylation is 1. The zero-order chi connectivity index (χ0) is 16.4. The van der Waals surface area contributed by atoms with Gasteiger partial charge in [0.25, 0.3) is 5.91 Å². The van der Waals surface area contributed by atoms with Gasteiger partial charge in [-0.1, -0.05) is 20.3 Å². The fourth-order valence-electron chi connectivity index (χ4n) is 2.42. The van der Waals surface area contributed by atoms with Gasteiger partial charge in [-0.05, 0) is 30.2 Å². The Bertz CT molecular complexity index is 723. The summed E-state index contributed by atoms with van der Waals surface area (Å²) in [6, 6.07) is 4.69. The van der Waals surface area contributed by atoms with E-state index in [-0.39, 0.29) is 11.6 Å². The number of carboxylic acids is 1. The van der Waals surface area contributed by atoms with E-state index >= 15 is 0 Å². The van der Waals surface area contributed by atoms with Crippen LogP contribution in [0, 0.1) is 11.7 Å². The minimum Gasteiger partial charge on any atom is -0.548 e. The third-order valence-corrected chi connectivity index (χ3v) is 3.99. The van der Waals surface area contributed by atoms with Crippen LogP contribution in [0.25, 0.3) is 10.9 Å². The largest absolute Gasteiger partial charge is 0.548 e. The number of fused-ring (bicyclic) bond motifs is 1. The first kappa shape index (κ1) is 16.0. The van der Waals surface area contributed by atoms with E-state index < -0.39 is 23.7 Å². The molecule has 0 aliphatic heterocycles. The number of amides is 1. The number of aliphatic carboxylic acids is 1. The smallest absolute Gasteiger partial charge is 0.268 e. The highest BCUT2D eigenvalue weighted by molar-refractivity contribution is 6.00. The van der Waals surface area contributed by atoms with E-state index in [1.165, 1.54) is 18.2 Å². The number of carbonyl (C=O) groups excluding carboxylic acids is 2. The molecule has 2 atom stereocenters. The van der Waals surface area contributed by atoms with Crippen LogP contribution in [-0.4, -0.2) is 22.5 Å². The average molecular weight is 305 g/mol. The summed E-state index contributed by atoms with van der Waals surface area (Å²) in [5.74, 6) is -2.47. The Labute approximate surface area is 127 Å². The number of aromatic nitrogens is 1. The Kier molecular flexibility index (Phi) is 4.49. The summed E-state index contributed by atoms with van der Waals surface area (Å²) in [4.78, 5) is 23.5. The number of benzene rings is 1. The molecule has 1 N–H and O–H groups in total. The molecule has 0 aliphatic carbocycles. The quantitative estimate of drug-likeness (QED) is 0.902. The van der Waals surface area contributed by atoms with Crippen molar-refractivity contribution in [2.24, 2.45) is 13.0 Å². The van der Waals surface area contributed by atoms with Gasteiger partial charge in [0.15, 0.2) is 0 Å². The topological polar surface area (TPSA) is 74.2 Å². The van der Waals surface area contributed by atoms with Crippen molar-refractivity contribution in [3.05, 3.63) is 35.8 Å². The first-order valence-electron chi connectivity index (χ1n) is 7.11. The number of nitrogens with one attached hydrogen (secondary N) is 1. The van der Waals surface area contributed by atoms with Crippen molar-refractivity contribution in [3.8, 4) is 0 Å². The summed E-state index contributed by atoms with van der Waals surface area (Å²) in [6.45, 7) is 3.57. The first-order valence-corrected chi connectivity index (χ1v) is 7.11. The Hall–Kier alpha value is -2.37. The third-order valence-electron chi connectivity index (χ3n) is 3.99. The van der Waals surface area contributed by atoms with Crippen molar-refractivity contribution in [1.82, 2.24) is 9.88 Å². The van der Waals surface area contributed by atoms with Gasteiger partial charge in [0.1, 0.15) is 11.5 Å². The summed E-state index contributed by atoms with van der Waals surface area (Å²) < 4.78 is 14.9. The molecule has 118 valence electrons. The van der Waals surface area contributed by atoms with Gasteiger partial charge in [-0.15, -0.1) is 0 Å². The van der Waals surface area contributed by atoms with Crippen molar-refractivity contribution in [2.45, 2.75) is 26.3 Å². The maximum Gasteiger partial charge on any atom is 0.268 e. The number of nitrogens with zero attached hydrogens (tertiary/aromatic N) is 1. The lowest BCUT2D eigenvalue weighted by Crippen LogP contribution is -2.51. The third kappa shape index (κ3) is 2.95. The minimum atomic E-state index is -1.31. The van der Waals surface area contributed by atoms with Gasteiger partial charge in [-0.2, -0.15) is 0 Å². The summed E-state index contributed by atoms with van der Waals surface area (Å²) in [5.41, 5.74) is 0.968. The highest BCUT2D eigenvalue weighted by atomic mass is 19.1. The number of carbonyl (C=O) groups is 2. The summed E-state index contributed by atoms with van der Waals surface area (Å²) in [6.07, 6.45) is 0.596. The predicted molar refractivity (Wildman–Crippen MR) is 78.6 cm³/mol. The van der Waals surface area contributed by atoms with Crippen molar-refractivity contribution in [2.75, 3.05) is 0 Å². The molecule has 2 rings (SSSR count). The van der Waals surface area contributed by atoms with Gasteiger partial charge in [-0.25, -0.2) is 4.39 Å². The number of hydrogen-bond donors (Lipinski definition) is 1. The van der Waals surface area contributed by atoms with E-state index in [1.54, 1.807) is 24.6 Å². The summed E-state index contributed by atoms with van der Waals surface area (Å²) >= 11 is 0. The molecule has 6 heteroatoms. The maximum absolute atomic E-state index is 13.3. The molecule has 1 aromatic heterocycles. The molecule has 0 saturated heterocycles. The van der Waals surface area contributed by atoms with Crippen LogP contribution in [0.4, 0.5) is 4.39 Å². The lowest BCUT2D eigenvalue weighted by atomic mass is 9.99. The maximum atomic E-state index is 13.3. The van der Waals surface area contributed by atoms with E-state index in [0.717, 1.165) is 0 Å². The van der Waals surface area contributed by atoms with E-state index in [4.69, 9.17) is 0 Å². The van der Waals surface area contributed by atoms with Gasteiger partial charge in [-0.3, -0.25) is 4.79 Å². The highest BCUT2D eigenvalue weighted by Crippen LogP contribution is 2.20. The van der Waals surface area contributed by atoms with Crippen LogP contribution in [-0.2, 0) is 11.8 Å². The van der Waals surface area contributed by atoms with Crippen molar-refractivity contribution in [1.29, 1.82) is 0 Å². The van der Waals surface area contributed by atoms with Crippen molar-refractivity contribution >= 4 is 22.8 Å². The predicted octanol–water partition coefficient (Wildman–Crippen LogP) is 1.21. The highest BCUT2D eigenvalue weighted by Gasteiger charge is 2.22. The SMILES string of the molecule is CC[C@@H](C)[C@H](NC(=O)c1cc2cc(F)ccc2n1C)C(=O)[O-]. The number of carboxylic acid groups (broad SMARTS) is 1. The van der Waals surface area contributed by atoms with E-state index in [9.17, 15) is 19.1 Å². The molecular formula is C16H18FN2O3-. The number of hydrogen-bond acceptors (Lipinski definition) is 3. The Balaban J connectivity index is 2.33. The van der Waals surface area contributed by atoms with Gasteiger partial charge in [0, 0.05) is 18.0 Å². The Morgan fingerprint density at radius 1 is 1.36 bits per heavy atom. The molecule has 0 bridgehead atoms. The molecular weight excluding hydrogens is 287 g/mol. The van der Waals surface area contributed by atoms with Gasteiger partial charge >= 0.3 is 0 Å². The second-order valence-electron chi connectivity index (χ2n) is 5.45. The zero-order valence-corrected chi connectivity index (χ0v) is 12.7. The van der Waals surface area contributed by atoms with Crippen LogP contribution in [0.5, 0.6) is 0 Å². The van der Waals surface area contributed by atoms with Gasteiger partial charge in [0.2, 0.25) is 0 Å². The van der Waals surface area contributed by atoms with E-state index in [2.05, 4.69) is 5.32 Å². The number of rotatable bonds is 5. The van der Waals surface area contributed by atoms with Gasteiger partial charge < -0.3 is 19.8 Å². The normalized spacial score (nSPS) is 13.8. The standard InChI is InChI=1S/C16H19FN2O3/c1-4-9(2)14(16(21)22)18-15(20)13-8-10-7-11(17)5-6-12(10)19(13)3/h5-9,14H,4H2,1-3H3,(H,18,20)(H,21,22)/p-1/t9-,14+/m1/s1. The summed E-state index contributed by atoms with van der Waals surface area (Å²) in [7, 11) is 1.67. The average Bonchev–Trinajstić information content (AvgIpc) is 2.79. The fourth-order valence-corrected chi connectivity index (χ4v) is 2.42. The van der Waals surface area contributed by atoms with Crippen molar-refractivity contribution < 1.29 is 19.1 Å². The molecule has 0 saturated carbocycles. The second kappa shape index (κ2) is 6.17. The monoisotopic (exact) mass is 305 g/mol. The molecule has 0 spiro atoms. The van der Waals surface area contributed by atoms with Crippen molar-refractivity contribution in [3.63, 3.8) is 0 Å². The first-order chi connectivity index (χ1) is 10.3. The molecule has 0 radical (unpaired) electrons. The summed E-state index contributed by atoms with van der Waals surface area (Å²) in [5, 5.41) is 14.3. The molecule has 22 heavy (non-hydrogen) atoms. The molecule has 0 aliphatic rings. The molecule has 0 unspecified atom stereocenters. The molecule has 0 fully saturated rings. The Morgan fingerprint density at radius 3 is 2.64 bits per heavy atom. The van der Waals surface area contributed by atoms with Crippen LogP contribution in [0.3, 0.4) is 0 Å². The molecule has 5 nitrogen and oxygen atoms in total. The van der Waals surface area contributed by atoms with Crippen LogP contribution < -0.4 is 10.4 Å². The minimum absolute atomic E-state index is 0.249. The zero-order valence-electron chi connectivity index (χ0n) is 12.7. The molecule has 1 amide bonds. The van der Waals surface area contributed by atoms with Crippen LogP contribution in [0.1, 0.15) is 30.8 Å². The van der Waals surface area contributed by atoms with E-state index in [0.29, 0.717) is 17.3 Å². The molecule has 1 heterocycles. The lowest BCUT2D eigenvalue weighted by Gasteiger charge is -2.25. The Morgan fingerprint density at radius 2 is 2.05 bits per heavy atom.